The molecule has 1 nitrogen and oxygen atoms in total. The van der Waals surface area contributed by atoms with E-state index >= 15 is 0 Å². The molecule has 1 aliphatic heterocycles. The summed E-state index contributed by atoms with van der Waals surface area (Å²) >= 11 is 0. The van der Waals surface area contributed by atoms with Crippen LogP contribution in [0.5, 0.6) is 0 Å². The smallest absolute Gasteiger partial charge is 0.368 e. The maximum absolute atomic E-state index is 12.0. The zero-order valence-electron chi connectivity index (χ0n) is 6.12. The van der Waals surface area contributed by atoms with Gasteiger partial charge in [-0.3, -0.25) is 0 Å². The van der Waals surface area contributed by atoms with E-state index in [-0.39, 0.29) is 0 Å². The number of nitrogens with zero attached hydrogens (tertiary/aromatic N) is 1. The number of likely N-dealkylation sites (tertiary alicyclic amines) is 1. The van der Waals surface area contributed by atoms with Crippen LogP contribution in [0.1, 0.15) is 12.8 Å². The molecule has 0 bridgehead atoms. The molecule has 0 aliphatic carbocycles. The van der Waals surface area contributed by atoms with Crippen molar-refractivity contribution in [3.63, 3.8) is 0 Å². The van der Waals surface area contributed by atoms with Gasteiger partial charge in [-0.2, -0.15) is 13.2 Å². The van der Waals surface area contributed by atoms with E-state index in [4.69, 9.17) is 0 Å². The fraction of sp³-hybridized carbons (Fsp3) is 0.714. The van der Waals surface area contributed by atoms with Crippen molar-refractivity contribution < 1.29 is 13.2 Å². The molecule has 0 amide bonds. The van der Waals surface area contributed by atoms with E-state index in [0.717, 1.165) is 12.8 Å². The normalized spacial score (nSPS) is 19.0. The van der Waals surface area contributed by atoms with Crippen LogP contribution in [-0.4, -0.2) is 24.2 Å². The Morgan fingerprint density at radius 2 is 1.64 bits per heavy atom. The van der Waals surface area contributed by atoms with E-state index in [1.54, 1.807) is 0 Å². The minimum absolute atomic E-state index is 0.498. The molecule has 0 aromatic carbocycles. The third-order valence-corrected chi connectivity index (χ3v) is 1.82. The predicted octanol–water partition coefficient (Wildman–Crippen LogP) is 2.16. The minimum Gasteiger partial charge on any atom is -0.368 e. The van der Waals surface area contributed by atoms with Gasteiger partial charge in [-0.1, -0.05) is 6.58 Å². The third kappa shape index (κ3) is 1.88. The van der Waals surface area contributed by atoms with Gasteiger partial charge < -0.3 is 4.90 Å². The van der Waals surface area contributed by atoms with E-state index in [2.05, 4.69) is 6.58 Å². The van der Waals surface area contributed by atoms with Crippen molar-refractivity contribution in [1.82, 2.24) is 4.90 Å². The van der Waals surface area contributed by atoms with Crippen molar-refractivity contribution in [1.29, 1.82) is 0 Å². The highest BCUT2D eigenvalue weighted by atomic mass is 19.4. The van der Waals surface area contributed by atoms with E-state index in [1.165, 1.54) is 4.90 Å². The Balaban J connectivity index is 2.53. The SMILES string of the molecule is C=C(N1CCCC1)C(F)(F)F. The molecule has 0 atom stereocenters. The first-order valence-electron chi connectivity index (χ1n) is 3.53. The topological polar surface area (TPSA) is 3.24 Å². The van der Waals surface area contributed by atoms with Crippen LogP contribution in [0.2, 0.25) is 0 Å². The van der Waals surface area contributed by atoms with Gasteiger partial charge in [-0.05, 0) is 12.8 Å². The van der Waals surface area contributed by atoms with Crippen molar-refractivity contribution in [3.05, 3.63) is 12.3 Å². The first kappa shape index (κ1) is 8.43. The highest BCUT2D eigenvalue weighted by Gasteiger charge is 2.36. The molecule has 1 rings (SSSR count). The predicted molar refractivity (Wildman–Crippen MR) is 36.0 cm³/mol. The van der Waals surface area contributed by atoms with Crippen molar-refractivity contribution >= 4 is 0 Å². The lowest BCUT2D eigenvalue weighted by Gasteiger charge is -2.21. The summed E-state index contributed by atoms with van der Waals surface area (Å²) in [5.74, 6) is 0. The van der Waals surface area contributed by atoms with Gasteiger partial charge in [-0.25, -0.2) is 0 Å². The molecule has 0 saturated carbocycles. The van der Waals surface area contributed by atoms with Crippen molar-refractivity contribution in [2.75, 3.05) is 13.1 Å². The average molecular weight is 165 g/mol. The molecule has 1 heterocycles. The number of hydrogen-bond donors (Lipinski definition) is 0. The zero-order valence-corrected chi connectivity index (χ0v) is 6.12. The third-order valence-electron chi connectivity index (χ3n) is 1.82. The second-order valence-corrected chi connectivity index (χ2v) is 2.64. The summed E-state index contributed by atoms with van der Waals surface area (Å²) in [4.78, 5) is 1.29. The molecule has 0 radical (unpaired) electrons. The van der Waals surface area contributed by atoms with Crippen molar-refractivity contribution in [2.45, 2.75) is 19.0 Å². The Morgan fingerprint density at radius 1 is 1.18 bits per heavy atom. The van der Waals surface area contributed by atoms with E-state index in [9.17, 15) is 13.2 Å². The number of halogens is 3. The highest BCUT2D eigenvalue weighted by molar-refractivity contribution is 5.02. The van der Waals surface area contributed by atoms with Gasteiger partial charge in [0, 0.05) is 13.1 Å². The average Bonchev–Trinajstić information content (AvgIpc) is 2.34. The van der Waals surface area contributed by atoms with Crippen LogP contribution in [0.25, 0.3) is 0 Å². The summed E-state index contributed by atoms with van der Waals surface area (Å²) in [6.07, 6.45) is -2.56. The molecule has 11 heavy (non-hydrogen) atoms. The fourth-order valence-electron chi connectivity index (χ4n) is 1.17. The molecule has 0 N–H and O–H groups in total. The van der Waals surface area contributed by atoms with Crippen LogP contribution >= 0.6 is 0 Å². The Hall–Kier alpha value is -0.670. The second-order valence-electron chi connectivity index (χ2n) is 2.64. The summed E-state index contributed by atoms with van der Waals surface area (Å²) in [7, 11) is 0. The first-order chi connectivity index (χ1) is 5.02. The van der Waals surface area contributed by atoms with Gasteiger partial charge in [0.25, 0.3) is 0 Å². The van der Waals surface area contributed by atoms with Gasteiger partial charge in [0.05, 0.1) is 0 Å². The van der Waals surface area contributed by atoms with Crippen LogP contribution in [0.4, 0.5) is 13.2 Å². The van der Waals surface area contributed by atoms with Gasteiger partial charge in [0.2, 0.25) is 0 Å². The summed E-state index contributed by atoms with van der Waals surface area (Å²) in [5.41, 5.74) is -0.699. The van der Waals surface area contributed by atoms with E-state index in [0.29, 0.717) is 13.1 Å². The minimum atomic E-state index is -4.25. The lowest BCUT2D eigenvalue weighted by atomic mass is 10.4. The van der Waals surface area contributed by atoms with Gasteiger partial charge in [-0.15, -0.1) is 0 Å². The van der Waals surface area contributed by atoms with Gasteiger partial charge >= 0.3 is 6.18 Å². The van der Waals surface area contributed by atoms with Crippen LogP contribution in [0.15, 0.2) is 12.3 Å². The fourth-order valence-corrected chi connectivity index (χ4v) is 1.17. The zero-order chi connectivity index (χ0) is 8.48. The Bertz CT molecular complexity index is 156. The summed E-state index contributed by atoms with van der Waals surface area (Å²) in [6, 6.07) is 0. The molecule has 0 aromatic heterocycles. The van der Waals surface area contributed by atoms with Crippen molar-refractivity contribution in [2.24, 2.45) is 0 Å². The molecule has 4 heteroatoms. The molecule has 0 aromatic rings. The molecule has 1 fully saturated rings. The van der Waals surface area contributed by atoms with Gasteiger partial charge in [0.1, 0.15) is 5.70 Å². The summed E-state index contributed by atoms with van der Waals surface area (Å²) in [5, 5.41) is 0. The standard InChI is InChI=1S/C7H10F3N/c1-6(7(8,9)10)11-4-2-3-5-11/h1-5H2. The van der Waals surface area contributed by atoms with Crippen LogP contribution in [0, 0.1) is 0 Å². The van der Waals surface area contributed by atoms with Crippen LogP contribution < -0.4 is 0 Å². The Labute approximate surface area is 63.5 Å². The van der Waals surface area contributed by atoms with Crippen LogP contribution in [0.3, 0.4) is 0 Å². The molecular formula is C7H10F3N. The largest absolute Gasteiger partial charge is 0.430 e. The first-order valence-corrected chi connectivity index (χ1v) is 3.53. The molecule has 1 saturated heterocycles. The molecule has 1 aliphatic rings. The maximum atomic E-state index is 12.0. The number of rotatable bonds is 1. The van der Waals surface area contributed by atoms with E-state index in [1.807, 2.05) is 0 Å². The number of allylic oxidation sites excluding steroid dienone is 1. The summed E-state index contributed by atoms with van der Waals surface area (Å²) < 4.78 is 35.9. The lowest BCUT2D eigenvalue weighted by molar-refractivity contribution is -0.109. The van der Waals surface area contributed by atoms with Crippen molar-refractivity contribution in [3.8, 4) is 0 Å². The monoisotopic (exact) mass is 165 g/mol. The molecule has 0 unspecified atom stereocenters. The molecule has 64 valence electrons. The quantitative estimate of drug-likeness (QED) is 0.575. The molecular weight excluding hydrogens is 155 g/mol. The maximum Gasteiger partial charge on any atom is 0.430 e. The van der Waals surface area contributed by atoms with E-state index < -0.39 is 11.9 Å². The lowest BCUT2D eigenvalue weighted by Crippen LogP contribution is -2.28. The summed E-state index contributed by atoms with van der Waals surface area (Å²) in [6.45, 7) is 4.01. The number of alkyl halides is 3. The Morgan fingerprint density at radius 3 is 2.00 bits per heavy atom. The number of hydrogen-bond acceptors (Lipinski definition) is 1. The highest BCUT2D eigenvalue weighted by Crippen LogP contribution is 2.29. The Kier molecular flexibility index (Phi) is 2.11. The molecule has 0 spiro atoms. The second kappa shape index (κ2) is 2.75. The van der Waals surface area contributed by atoms with Gasteiger partial charge in [0.15, 0.2) is 0 Å². The van der Waals surface area contributed by atoms with Crippen LogP contribution in [-0.2, 0) is 0 Å².